The van der Waals surface area contributed by atoms with E-state index in [2.05, 4.69) is 15.5 Å². The lowest BCUT2D eigenvalue weighted by molar-refractivity contribution is -0.118. The van der Waals surface area contributed by atoms with Crippen molar-refractivity contribution >= 4 is 17.7 Å². The molecule has 0 aliphatic heterocycles. The van der Waals surface area contributed by atoms with Gasteiger partial charge in [0.05, 0.1) is 19.5 Å². The van der Waals surface area contributed by atoms with E-state index in [-0.39, 0.29) is 5.91 Å². The molecule has 0 bridgehead atoms. The highest BCUT2D eigenvalue weighted by Gasteiger charge is 2.24. The van der Waals surface area contributed by atoms with E-state index in [4.69, 9.17) is 9.47 Å². The Morgan fingerprint density at radius 2 is 1.80 bits per heavy atom. The molecule has 3 aromatic rings. The third-order valence-electron chi connectivity index (χ3n) is 4.66. The van der Waals surface area contributed by atoms with Gasteiger partial charge < -0.3 is 14.8 Å². The van der Waals surface area contributed by atoms with Gasteiger partial charge in [-0.15, -0.1) is 10.2 Å². The van der Waals surface area contributed by atoms with Crippen LogP contribution in [0.3, 0.4) is 0 Å². The summed E-state index contributed by atoms with van der Waals surface area (Å²) in [4.78, 5) is 12.2. The Hall–Kier alpha value is -3.00. The predicted octanol–water partition coefficient (Wildman–Crippen LogP) is 3.71. The fourth-order valence-corrected chi connectivity index (χ4v) is 3.77. The molecule has 0 unspecified atom stereocenters. The smallest absolute Gasteiger partial charge is 0.230 e. The Bertz CT molecular complexity index is 998. The summed E-state index contributed by atoms with van der Waals surface area (Å²) < 4.78 is 12.8. The van der Waals surface area contributed by atoms with Crippen molar-refractivity contribution in [2.24, 2.45) is 0 Å². The van der Waals surface area contributed by atoms with Gasteiger partial charge in [-0.1, -0.05) is 11.8 Å². The Kier molecular flexibility index (Phi) is 6.23. The van der Waals surface area contributed by atoms with Gasteiger partial charge in [-0.25, -0.2) is 0 Å². The molecular weight excluding hydrogens is 400 g/mol. The van der Waals surface area contributed by atoms with Crippen molar-refractivity contribution in [3.05, 3.63) is 48.5 Å². The molecule has 7 nitrogen and oxygen atoms in total. The zero-order valence-electron chi connectivity index (χ0n) is 17.0. The van der Waals surface area contributed by atoms with Gasteiger partial charge in [0.15, 0.2) is 11.0 Å². The minimum absolute atomic E-state index is 0.0229. The molecule has 1 aliphatic rings. The number of aromatic nitrogens is 3. The SMILES string of the molecule is CCOc1ccc(-n2c(SCC(=O)NC3CC3)nnc2-c2ccc(OC)cc2)cc1. The zero-order valence-corrected chi connectivity index (χ0v) is 17.8. The maximum atomic E-state index is 12.2. The number of nitrogens with zero attached hydrogens (tertiary/aromatic N) is 3. The quantitative estimate of drug-likeness (QED) is 0.528. The summed E-state index contributed by atoms with van der Waals surface area (Å²) in [7, 11) is 1.64. The molecular formula is C22H24N4O3S. The minimum atomic E-state index is 0.0229. The van der Waals surface area contributed by atoms with Gasteiger partial charge in [-0.05, 0) is 68.3 Å². The average Bonchev–Trinajstić information content (AvgIpc) is 3.48. The number of nitrogens with one attached hydrogen (secondary N) is 1. The number of carbonyl (C=O) groups excluding carboxylic acids is 1. The maximum absolute atomic E-state index is 12.2. The van der Waals surface area contributed by atoms with E-state index in [9.17, 15) is 4.79 Å². The minimum Gasteiger partial charge on any atom is -0.497 e. The number of ether oxygens (including phenoxy) is 2. The lowest BCUT2D eigenvalue weighted by Crippen LogP contribution is -2.27. The molecule has 1 heterocycles. The first kappa shape index (κ1) is 20.3. The Morgan fingerprint density at radius 3 is 2.43 bits per heavy atom. The summed E-state index contributed by atoms with van der Waals surface area (Å²) in [6.07, 6.45) is 2.14. The number of rotatable bonds is 9. The van der Waals surface area contributed by atoms with E-state index in [0.29, 0.717) is 29.4 Å². The summed E-state index contributed by atoms with van der Waals surface area (Å²) in [6.45, 7) is 2.57. The first-order valence-electron chi connectivity index (χ1n) is 9.93. The largest absolute Gasteiger partial charge is 0.497 e. The molecule has 2 aromatic carbocycles. The van der Waals surface area contributed by atoms with Crippen LogP contribution in [0.15, 0.2) is 53.7 Å². The molecule has 1 N–H and O–H groups in total. The van der Waals surface area contributed by atoms with Gasteiger partial charge >= 0.3 is 0 Å². The lowest BCUT2D eigenvalue weighted by Gasteiger charge is -2.12. The van der Waals surface area contributed by atoms with Crippen molar-refractivity contribution in [2.75, 3.05) is 19.5 Å². The fourth-order valence-electron chi connectivity index (χ4n) is 3.01. The molecule has 156 valence electrons. The Labute approximate surface area is 179 Å². The topological polar surface area (TPSA) is 78.3 Å². The highest BCUT2D eigenvalue weighted by molar-refractivity contribution is 7.99. The Balaban J connectivity index is 1.64. The first-order valence-corrected chi connectivity index (χ1v) is 10.9. The highest BCUT2D eigenvalue weighted by Crippen LogP contribution is 2.30. The molecule has 0 atom stereocenters. The molecule has 0 saturated heterocycles. The normalized spacial score (nSPS) is 13.1. The van der Waals surface area contributed by atoms with Crippen molar-refractivity contribution in [3.63, 3.8) is 0 Å². The second kappa shape index (κ2) is 9.21. The number of methoxy groups -OCH3 is 1. The lowest BCUT2D eigenvalue weighted by atomic mass is 10.2. The van der Waals surface area contributed by atoms with Gasteiger partial charge in [-0.2, -0.15) is 0 Å². The standard InChI is InChI=1S/C22H24N4O3S/c1-3-29-19-12-8-17(9-13-19)26-21(15-4-10-18(28-2)11-5-15)24-25-22(26)30-14-20(27)23-16-6-7-16/h4-5,8-13,16H,3,6-7,14H2,1-2H3,(H,23,27). The average molecular weight is 425 g/mol. The van der Waals surface area contributed by atoms with E-state index in [0.717, 1.165) is 35.6 Å². The van der Waals surface area contributed by atoms with Crippen LogP contribution in [-0.4, -0.2) is 46.2 Å². The highest BCUT2D eigenvalue weighted by atomic mass is 32.2. The van der Waals surface area contributed by atoms with E-state index in [1.165, 1.54) is 11.8 Å². The molecule has 1 saturated carbocycles. The third kappa shape index (κ3) is 4.76. The van der Waals surface area contributed by atoms with Crippen LogP contribution in [0.4, 0.5) is 0 Å². The molecule has 8 heteroatoms. The molecule has 0 radical (unpaired) electrons. The van der Waals surface area contributed by atoms with Gasteiger partial charge in [-0.3, -0.25) is 9.36 Å². The number of thioether (sulfide) groups is 1. The van der Waals surface area contributed by atoms with Crippen LogP contribution >= 0.6 is 11.8 Å². The molecule has 1 aliphatic carbocycles. The van der Waals surface area contributed by atoms with Gasteiger partial charge in [0, 0.05) is 17.3 Å². The summed E-state index contributed by atoms with van der Waals surface area (Å²) in [5, 5.41) is 12.5. The number of benzene rings is 2. The van der Waals surface area contributed by atoms with E-state index in [1.807, 2.05) is 60.0 Å². The summed E-state index contributed by atoms with van der Waals surface area (Å²) in [5.74, 6) is 2.60. The van der Waals surface area contributed by atoms with Gasteiger partial charge in [0.25, 0.3) is 0 Å². The van der Waals surface area contributed by atoms with E-state index in [1.54, 1.807) is 7.11 Å². The Morgan fingerprint density at radius 1 is 1.10 bits per heavy atom. The molecule has 4 rings (SSSR count). The number of carbonyl (C=O) groups is 1. The van der Waals surface area contributed by atoms with Crippen molar-refractivity contribution in [2.45, 2.75) is 31.0 Å². The van der Waals surface area contributed by atoms with E-state index >= 15 is 0 Å². The van der Waals surface area contributed by atoms with Crippen molar-refractivity contribution in [1.29, 1.82) is 0 Å². The van der Waals surface area contributed by atoms with Crippen molar-refractivity contribution < 1.29 is 14.3 Å². The molecule has 30 heavy (non-hydrogen) atoms. The molecule has 1 amide bonds. The second-order valence-electron chi connectivity index (χ2n) is 6.93. The van der Waals surface area contributed by atoms with Crippen LogP contribution in [0.2, 0.25) is 0 Å². The van der Waals surface area contributed by atoms with Gasteiger partial charge in [0.1, 0.15) is 11.5 Å². The van der Waals surface area contributed by atoms with Gasteiger partial charge in [0.2, 0.25) is 5.91 Å². The van der Waals surface area contributed by atoms with E-state index < -0.39 is 0 Å². The molecule has 1 fully saturated rings. The monoisotopic (exact) mass is 424 g/mol. The van der Waals surface area contributed by atoms with Crippen molar-refractivity contribution in [1.82, 2.24) is 20.1 Å². The molecule has 1 aromatic heterocycles. The first-order chi connectivity index (χ1) is 14.7. The van der Waals surface area contributed by atoms with Crippen molar-refractivity contribution in [3.8, 4) is 28.6 Å². The summed E-state index contributed by atoms with van der Waals surface area (Å²) >= 11 is 1.38. The number of hydrogen-bond acceptors (Lipinski definition) is 6. The van der Waals surface area contributed by atoms with Crippen LogP contribution in [0, 0.1) is 0 Å². The number of amides is 1. The second-order valence-corrected chi connectivity index (χ2v) is 7.87. The van der Waals surface area contributed by atoms with Crippen LogP contribution in [-0.2, 0) is 4.79 Å². The summed E-state index contributed by atoms with van der Waals surface area (Å²) in [6, 6.07) is 15.8. The van der Waals surface area contributed by atoms with Crippen LogP contribution in [0.1, 0.15) is 19.8 Å². The summed E-state index contributed by atoms with van der Waals surface area (Å²) in [5.41, 5.74) is 1.81. The van der Waals surface area contributed by atoms with Crippen LogP contribution in [0.25, 0.3) is 17.1 Å². The fraction of sp³-hybridized carbons (Fsp3) is 0.318. The predicted molar refractivity (Wildman–Crippen MR) is 116 cm³/mol. The van der Waals surface area contributed by atoms with Crippen LogP contribution in [0.5, 0.6) is 11.5 Å². The maximum Gasteiger partial charge on any atom is 0.230 e. The number of hydrogen-bond donors (Lipinski definition) is 1. The third-order valence-corrected chi connectivity index (χ3v) is 5.59. The zero-order chi connectivity index (χ0) is 20.9. The van der Waals surface area contributed by atoms with Crippen LogP contribution < -0.4 is 14.8 Å². The molecule has 0 spiro atoms.